The molecule has 1 amide bonds. The summed E-state index contributed by atoms with van der Waals surface area (Å²) in [6, 6.07) is 0. The van der Waals surface area contributed by atoms with Crippen LogP contribution in [0.4, 0.5) is 5.82 Å². The van der Waals surface area contributed by atoms with E-state index in [-0.39, 0.29) is 5.91 Å². The van der Waals surface area contributed by atoms with Crippen LogP contribution in [0.2, 0.25) is 0 Å². The van der Waals surface area contributed by atoms with Crippen LogP contribution in [0.1, 0.15) is 10.5 Å². The number of aromatic nitrogens is 2. The number of anilines is 1. The van der Waals surface area contributed by atoms with E-state index in [9.17, 15) is 4.79 Å². The summed E-state index contributed by atoms with van der Waals surface area (Å²) in [4.78, 5) is 21.6. The van der Waals surface area contributed by atoms with E-state index in [4.69, 9.17) is 0 Å². The standard InChI is InChI=1S/C10H17N5O/c1-11-9-7-12-6-8(14-9)10(16)13-4-5-15(2)3/h6-7H,4-5H2,1-3H3,(H,11,14)(H,13,16). The maximum atomic E-state index is 11.6. The SMILES string of the molecule is CNc1cncc(C(=O)NCCN(C)C)n1. The Balaban J connectivity index is 2.52. The number of carbonyl (C=O) groups is 1. The van der Waals surface area contributed by atoms with Crippen molar-refractivity contribution < 1.29 is 4.79 Å². The van der Waals surface area contributed by atoms with Crippen LogP contribution in [0.5, 0.6) is 0 Å². The lowest BCUT2D eigenvalue weighted by Gasteiger charge is -2.10. The maximum Gasteiger partial charge on any atom is 0.271 e. The van der Waals surface area contributed by atoms with Gasteiger partial charge in [-0.15, -0.1) is 0 Å². The van der Waals surface area contributed by atoms with Crippen molar-refractivity contribution in [3.8, 4) is 0 Å². The molecule has 0 bridgehead atoms. The minimum absolute atomic E-state index is 0.202. The molecule has 0 fully saturated rings. The van der Waals surface area contributed by atoms with E-state index >= 15 is 0 Å². The molecule has 1 aromatic rings. The van der Waals surface area contributed by atoms with Crippen LogP contribution in [0.15, 0.2) is 12.4 Å². The highest BCUT2D eigenvalue weighted by atomic mass is 16.1. The molecule has 1 rings (SSSR count). The molecule has 2 N–H and O–H groups in total. The topological polar surface area (TPSA) is 70.2 Å². The van der Waals surface area contributed by atoms with Gasteiger partial charge < -0.3 is 15.5 Å². The predicted molar refractivity (Wildman–Crippen MR) is 62.5 cm³/mol. The van der Waals surface area contributed by atoms with E-state index in [2.05, 4.69) is 20.6 Å². The summed E-state index contributed by atoms with van der Waals surface area (Å²) in [5.74, 6) is 0.381. The number of hydrogen-bond acceptors (Lipinski definition) is 5. The second-order valence-corrected chi connectivity index (χ2v) is 3.60. The Hall–Kier alpha value is -1.69. The van der Waals surface area contributed by atoms with Crippen molar-refractivity contribution in [2.75, 3.05) is 39.5 Å². The van der Waals surface area contributed by atoms with Crippen molar-refractivity contribution in [3.63, 3.8) is 0 Å². The average molecular weight is 223 g/mol. The van der Waals surface area contributed by atoms with Gasteiger partial charge in [0.15, 0.2) is 0 Å². The lowest BCUT2D eigenvalue weighted by atomic mass is 10.4. The molecule has 6 nitrogen and oxygen atoms in total. The third-order valence-electron chi connectivity index (χ3n) is 1.97. The van der Waals surface area contributed by atoms with Crippen molar-refractivity contribution in [1.29, 1.82) is 0 Å². The second-order valence-electron chi connectivity index (χ2n) is 3.60. The van der Waals surface area contributed by atoms with Gasteiger partial charge in [-0.1, -0.05) is 0 Å². The fraction of sp³-hybridized carbons (Fsp3) is 0.500. The minimum atomic E-state index is -0.202. The first-order chi connectivity index (χ1) is 7.63. The summed E-state index contributed by atoms with van der Waals surface area (Å²) in [5.41, 5.74) is 0.325. The van der Waals surface area contributed by atoms with Gasteiger partial charge in [-0.2, -0.15) is 0 Å². The molecule has 88 valence electrons. The van der Waals surface area contributed by atoms with Crippen LogP contribution in [0, 0.1) is 0 Å². The van der Waals surface area contributed by atoms with Crippen LogP contribution < -0.4 is 10.6 Å². The smallest absolute Gasteiger partial charge is 0.271 e. The van der Waals surface area contributed by atoms with Gasteiger partial charge in [-0.25, -0.2) is 4.98 Å². The van der Waals surface area contributed by atoms with E-state index in [0.29, 0.717) is 18.1 Å². The first kappa shape index (κ1) is 12.4. The molecule has 0 aliphatic carbocycles. The van der Waals surface area contributed by atoms with Crippen molar-refractivity contribution in [3.05, 3.63) is 18.1 Å². The second kappa shape index (κ2) is 6.02. The Morgan fingerprint density at radius 3 is 2.81 bits per heavy atom. The zero-order valence-corrected chi connectivity index (χ0v) is 9.82. The summed E-state index contributed by atoms with van der Waals surface area (Å²) in [5, 5.41) is 5.61. The van der Waals surface area contributed by atoms with Crippen molar-refractivity contribution in [2.45, 2.75) is 0 Å². The van der Waals surface area contributed by atoms with Gasteiger partial charge >= 0.3 is 0 Å². The van der Waals surface area contributed by atoms with E-state index in [1.54, 1.807) is 13.2 Å². The van der Waals surface area contributed by atoms with E-state index in [1.165, 1.54) is 6.20 Å². The quantitative estimate of drug-likeness (QED) is 0.724. The zero-order chi connectivity index (χ0) is 12.0. The number of hydrogen-bond donors (Lipinski definition) is 2. The van der Waals surface area contributed by atoms with Gasteiger partial charge in [0.25, 0.3) is 5.91 Å². The maximum absolute atomic E-state index is 11.6. The first-order valence-corrected chi connectivity index (χ1v) is 5.06. The molecule has 0 aliphatic heterocycles. The van der Waals surface area contributed by atoms with Gasteiger partial charge in [-0.05, 0) is 14.1 Å². The number of nitrogens with zero attached hydrogens (tertiary/aromatic N) is 3. The van der Waals surface area contributed by atoms with Gasteiger partial charge in [0.2, 0.25) is 0 Å². The lowest BCUT2D eigenvalue weighted by Crippen LogP contribution is -2.31. The molecule has 0 radical (unpaired) electrons. The minimum Gasteiger partial charge on any atom is -0.372 e. The van der Waals surface area contributed by atoms with Crippen LogP contribution in [0.25, 0.3) is 0 Å². The average Bonchev–Trinajstić information content (AvgIpc) is 2.28. The van der Waals surface area contributed by atoms with Gasteiger partial charge in [0.1, 0.15) is 11.5 Å². The number of rotatable bonds is 5. The molecule has 6 heteroatoms. The molecule has 1 heterocycles. The zero-order valence-electron chi connectivity index (χ0n) is 9.82. The number of carbonyl (C=O) groups excluding carboxylic acids is 1. The van der Waals surface area contributed by atoms with Crippen LogP contribution >= 0.6 is 0 Å². The highest BCUT2D eigenvalue weighted by molar-refractivity contribution is 5.92. The molecular weight excluding hydrogens is 206 g/mol. The lowest BCUT2D eigenvalue weighted by molar-refractivity contribution is 0.0946. The molecule has 0 saturated heterocycles. The van der Waals surface area contributed by atoms with Crippen LogP contribution in [0.3, 0.4) is 0 Å². The van der Waals surface area contributed by atoms with Crippen LogP contribution in [-0.4, -0.2) is 55.0 Å². The van der Waals surface area contributed by atoms with Crippen molar-refractivity contribution in [1.82, 2.24) is 20.2 Å². The van der Waals surface area contributed by atoms with Gasteiger partial charge in [0, 0.05) is 20.1 Å². The normalized spacial score (nSPS) is 10.2. The molecular formula is C10H17N5O. The molecule has 0 spiro atoms. The molecule has 16 heavy (non-hydrogen) atoms. The van der Waals surface area contributed by atoms with Crippen molar-refractivity contribution >= 4 is 11.7 Å². The number of amides is 1. The fourth-order valence-electron chi connectivity index (χ4n) is 1.08. The highest BCUT2D eigenvalue weighted by Crippen LogP contribution is 2.00. The van der Waals surface area contributed by atoms with Gasteiger partial charge in [0.05, 0.1) is 12.4 Å². The summed E-state index contributed by atoms with van der Waals surface area (Å²) < 4.78 is 0. The molecule has 0 aromatic carbocycles. The molecule has 0 aliphatic rings. The Labute approximate surface area is 95.1 Å². The molecule has 0 unspecified atom stereocenters. The molecule has 0 atom stereocenters. The summed E-state index contributed by atoms with van der Waals surface area (Å²) in [6.45, 7) is 1.39. The van der Waals surface area contributed by atoms with Crippen molar-refractivity contribution in [2.24, 2.45) is 0 Å². The highest BCUT2D eigenvalue weighted by Gasteiger charge is 2.07. The van der Waals surface area contributed by atoms with E-state index in [0.717, 1.165) is 6.54 Å². The van der Waals surface area contributed by atoms with E-state index in [1.807, 2.05) is 19.0 Å². The Kier molecular flexibility index (Phi) is 4.65. The van der Waals surface area contributed by atoms with Crippen LogP contribution in [-0.2, 0) is 0 Å². The summed E-state index contributed by atoms with van der Waals surface area (Å²) in [7, 11) is 5.64. The largest absolute Gasteiger partial charge is 0.372 e. The fourth-order valence-corrected chi connectivity index (χ4v) is 1.08. The molecule has 0 saturated carbocycles. The molecule has 1 aromatic heterocycles. The summed E-state index contributed by atoms with van der Waals surface area (Å²) in [6.07, 6.45) is 3.02. The Morgan fingerprint density at radius 1 is 1.44 bits per heavy atom. The first-order valence-electron chi connectivity index (χ1n) is 5.06. The summed E-state index contributed by atoms with van der Waals surface area (Å²) >= 11 is 0. The third kappa shape index (κ3) is 3.82. The predicted octanol–water partition coefficient (Wildman–Crippen LogP) is -0.190. The monoisotopic (exact) mass is 223 g/mol. The number of nitrogens with one attached hydrogen (secondary N) is 2. The van der Waals surface area contributed by atoms with Gasteiger partial charge in [-0.3, -0.25) is 9.78 Å². The Morgan fingerprint density at radius 2 is 2.19 bits per heavy atom. The third-order valence-corrected chi connectivity index (χ3v) is 1.97. The Bertz CT molecular complexity index is 353. The van der Waals surface area contributed by atoms with E-state index < -0.39 is 0 Å². The number of likely N-dealkylation sites (N-methyl/N-ethyl adjacent to an activating group) is 1.